The van der Waals surface area contributed by atoms with Gasteiger partial charge in [0.2, 0.25) is 5.91 Å². The molecule has 0 bridgehead atoms. The van der Waals surface area contributed by atoms with Crippen molar-refractivity contribution in [2.75, 3.05) is 0 Å². The zero-order valence-corrected chi connectivity index (χ0v) is 17.2. The number of benzene rings is 3. The summed E-state index contributed by atoms with van der Waals surface area (Å²) >= 11 is 0. The van der Waals surface area contributed by atoms with E-state index >= 15 is 0 Å². The van der Waals surface area contributed by atoms with Gasteiger partial charge < -0.3 is 15.6 Å². The van der Waals surface area contributed by atoms with E-state index in [-0.39, 0.29) is 18.7 Å². The van der Waals surface area contributed by atoms with Crippen LogP contribution in [0, 0.1) is 0 Å². The average Bonchev–Trinajstić information content (AvgIpc) is 3.58. The highest BCUT2D eigenvalue weighted by Crippen LogP contribution is 2.42. The van der Waals surface area contributed by atoms with Gasteiger partial charge in [0.15, 0.2) is 0 Å². The Labute approximate surface area is 181 Å². The maximum absolute atomic E-state index is 11.3. The summed E-state index contributed by atoms with van der Waals surface area (Å²) in [5.74, 6) is -0.0681. The first-order chi connectivity index (χ1) is 15.0. The Morgan fingerprint density at radius 3 is 2.42 bits per heavy atom. The number of hydrogen-bond donors (Lipinski definition) is 2. The third-order valence-corrected chi connectivity index (χ3v) is 5.41. The lowest BCUT2D eigenvalue weighted by Gasteiger charge is -2.13. The van der Waals surface area contributed by atoms with Crippen LogP contribution in [0.15, 0.2) is 66.7 Å². The molecule has 1 saturated carbocycles. The van der Waals surface area contributed by atoms with Crippen molar-refractivity contribution >= 4 is 11.9 Å². The Balaban J connectivity index is 1.60. The third kappa shape index (κ3) is 5.51. The molecule has 0 spiro atoms. The maximum Gasteiger partial charge on any atom is 0.307 e. The summed E-state index contributed by atoms with van der Waals surface area (Å²) in [6, 6.07) is 21.6. The largest absolute Gasteiger partial charge is 0.489 e. The van der Waals surface area contributed by atoms with E-state index in [0.29, 0.717) is 23.8 Å². The number of ether oxygens (including phenoxy) is 1. The Hall–Kier alpha value is -3.60. The number of carboxylic acids is 1. The fourth-order valence-corrected chi connectivity index (χ4v) is 3.80. The van der Waals surface area contributed by atoms with Gasteiger partial charge >= 0.3 is 5.97 Å². The van der Waals surface area contributed by atoms with Gasteiger partial charge in [-0.2, -0.15) is 0 Å². The summed E-state index contributed by atoms with van der Waals surface area (Å²) in [4.78, 5) is 22.4. The Bertz CT molecular complexity index is 1120. The summed E-state index contributed by atoms with van der Waals surface area (Å²) in [6.45, 7) is 0.352. The highest BCUT2D eigenvalue weighted by molar-refractivity contribution is 5.77. The van der Waals surface area contributed by atoms with Crippen molar-refractivity contribution in [3.63, 3.8) is 0 Å². The van der Waals surface area contributed by atoms with Crippen molar-refractivity contribution < 1.29 is 19.4 Å². The van der Waals surface area contributed by atoms with E-state index in [1.54, 1.807) is 12.1 Å². The molecule has 3 aromatic carbocycles. The molecule has 0 radical (unpaired) electrons. The molecule has 1 amide bonds. The van der Waals surface area contributed by atoms with Gasteiger partial charge in [-0.3, -0.25) is 9.59 Å². The van der Waals surface area contributed by atoms with Gasteiger partial charge in [0.25, 0.3) is 0 Å². The van der Waals surface area contributed by atoms with Crippen LogP contribution >= 0.6 is 0 Å². The molecule has 3 N–H and O–H groups in total. The van der Waals surface area contributed by atoms with Crippen molar-refractivity contribution in [3.8, 4) is 16.9 Å². The number of primary amides is 1. The van der Waals surface area contributed by atoms with E-state index < -0.39 is 5.97 Å². The summed E-state index contributed by atoms with van der Waals surface area (Å²) < 4.78 is 6.02. The van der Waals surface area contributed by atoms with Gasteiger partial charge in [-0.1, -0.05) is 54.6 Å². The first-order valence-corrected chi connectivity index (χ1v) is 10.4. The molecule has 1 aliphatic rings. The molecule has 0 aromatic heterocycles. The number of nitrogens with two attached hydrogens (primary N) is 1. The standard InChI is InChI=1S/C26H25NO4/c27-25(28)13-17-4-3-6-20(10-17)23-12-18(11-22(14-23)19-8-9-19)16-31-24-7-2-1-5-21(24)15-26(29)30/h1-7,10-12,14,19H,8-9,13,15-16H2,(H2,27,28)(H,29,30). The molecule has 31 heavy (non-hydrogen) atoms. The van der Waals surface area contributed by atoms with Crippen LogP contribution in [0.2, 0.25) is 0 Å². The van der Waals surface area contributed by atoms with Crippen LogP contribution in [0.3, 0.4) is 0 Å². The van der Waals surface area contributed by atoms with Crippen LogP contribution in [0.1, 0.15) is 41.0 Å². The van der Waals surface area contributed by atoms with E-state index in [0.717, 1.165) is 22.3 Å². The second kappa shape index (κ2) is 9.04. The van der Waals surface area contributed by atoms with Crippen LogP contribution in [0.25, 0.3) is 11.1 Å². The molecule has 0 atom stereocenters. The molecule has 158 valence electrons. The Morgan fingerprint density at radius 2 is 1.68 bits per heavy atom. The summed E-state index contributed by atoms with van der Waals surface area (Å²) in [7, 11) is 0. The number of hydrogen-bond acceptors (Lipinski definition) is 3. The molecule has 5 nitrogen and oxygen atoms in total. The monoisotopic (exact) mass is 415 g/mol. The van der Waals surface area contributed by atoms with E-state index in [1.807, 2.05) is 36.4 Å². The number of aliphatic carboxylic acids is 1. The van der Waals surface area contributed by atoms with Crippen molar-refractivity contribution in [3.05, 3.63) is 89.0 Å². The number of para-hydroxylation sites is 1. The maximum atomic E-state index is 11.3. The number of rotatable bonds is 9. The van der Waals surface area contributed by atoms with Gasteiger partial charge in [0.1, 0.15) is 12.4 Å². The fraction of sp³-hybridized carbons (Fsp3) is 0.231. The lowest BCUT2D eigenvalue weighted by molar-refractivity contribution is -0.136. The van der Waals surface area contributed by atoms with Gasteiger partial charge in [-0.05, 0) is 58.7 Å². The lowest BCUT2D eigenvalue weighted by atomic mass is 9.96. The van der Waals surface area contributed by atoms with Crippen LogP contribution in [0.5, 0.6) is 5.75 Å². The summed E-state index contributed by atoms with van der Waals surface area (Å²) in [5.41, 5.74) is 11.3. The number of carbonyl (C=O) groups excluding carboxylic acids is 1. The molecule has 1 fully saturated rings. The predicted octanol–water partition coefficient (Wildman–Crippen LogP) is 4.46. The zero-order chi connectivity index (χ0) is 21.8. The predicted molar refractivity (Wildman–Crippen MR) is 119 cm³/mol. The van der Waals surface area contributed by atoms with Crippen molar-refractivity contribution in [1.82, 2.24) is 0 Å². The topological polar surface area (TPSA) is 89.6 Å². The molecule has 1 aliphatic carbocycles. The minimum absolute atomic E-state index is 0.0732. The Morgan fingerprint density at radius 1 is 0.903 bits per heavy atom. The van der Waals surface area contributed by atoms with Crippen molar-refractivity contribution in [1.29, 1.82) is 0 Å². The molecule has 4 rings (SSSR count). The molecule has 3 aromatic rings. The third-order valence-electron chi connectivity index (χ3n) is 5.41. The zero-order valence-electron chi connectivity index (χ0n) is 17.2. The average molecular weight is 415 g/mol. The minimum atomic E-state index is -0.884. The summed E-state index contributed by atoms with van der Waals surface area (Å²) in [6.07, 6.45) is 2.52. The minimum Gasteiger partial charge on any atom is -0.489 e. The van der Waals surface area contributed by atoms with E-state index in [4.69, 9.17) is 15.6 Å². The van der Waals surface area contributed by atoms with Crippen LogP contribution < -0.4 is 10.5 Å². The van der Waals surface area contributed by atoms with E-state index in [9.17, 15) is 9.59 Å². The van der Waals surface area contributed by atoms with E-state index in [1.165, 1.54) is 18.4 Å². The highest BCUT2D eigenvalue weighted by atomic mass is 16.5. The normalized spacial score (nSPS) is 13.0. The highest BCUT2D eigenvalue weighted by Gasteiger charge is 2.24. The second-order valence-electron chi connectivity index (χ2n) is 8.05. The van der Waals surface area contributed by atoms with Gasteiger partial charge in [-0.25, -0.2) is 0 Å². The lowest BCUT2D eigenvalue weighted by Crippen LogP contribution is -2.13. The fourth-order valence-electron chi connectivity index (χ4n) is 3.80. The van der Waals surface area contributed by atoms with Crippen molar-refractivity contribution in [2.24, 2.45) is 5.73 Å². The Kier molecular flexibility index (Phi) is 6.03. The second-order valence-corrected chi connectivity index (χ2v) is 8.05. The molecular formula is C26H25NO4. The van der Waals surface area contributed by atoms with Gasteiger partial charge in [0.05, 0.1) is 12.8 Å². The first kappa shape index (κ1) is 20.7. The van der Waals surface area contributed by atoms with Crippen LogP contribution in [0.4, 0.5) is 0 Å². The molecule has 0 unspecified atom stereocenters. The number of carboxylic acid groups (broad SMARTS) is 1. The van der Waals surface area contributed by atoms with Gasteiger partial charge in [-0.15, -0.1) is 0 Å². The molecule has 0 aliphatic heterocycles. The summed E-state index contributed by atoms with van der Waals surface area (Å²) in [5, 5.41) is 9.14. The van der Waals surface area contributed by atoms with Crippen molar-refractivity contribution in [2.45, 2.75) is 38.2 Å². The molecule has 0 heterocycles. The van der Waals surface area contributed by atoms with Crippen LogP contribution in [-0.4, -0.2) is 17.0 Å². The van der Waals surface area contributed by atoms with Gasteiger partial charge in [0, 0.05) is 5.56 Å². The number of carbonyl (C=O) groups is 2. The quantitative estimate of drug-likeness (QED) is 0.540. The van der Waals surface area contributed by atoms with Crippen LogP contribution in [-0.2, 0) is 29.0 Å². The molecular weight excluding hydrogens is 390 g/mol. The molecule has 0 saturated heterocycles. The number of amides is 1. The smallest absolute Gasteiger partial charge is 0.307 e. The van der Waals surface area contributed by atoms with E-state index in [2.05, 4.69) is 18.2 Å². The SMILES string of the molecule is NC(=O)Cc1cccc(-c2cc(COc3ccccc3CC(=O)O)cc(C3CC3)c2)c1. The molecule has 5 heteroatoms. The first-order valence-electron chi connectivity index (χ1n) is 10.4.